The minimum absolute atomic E-state index is 0.0661. The maximum atomic E-state index is 10.5. The van der Waals surface area contributed by atoms with E-state index in [9.17, 15) is 5.11 Å². The lowest BCUT2D eigenvalue weighted by molar-refractivity contribution is 0.355. The van der Waals surface area contributed by atoms with Crippen LogP contribution in [-0.4, -0.2) is 29.0 Å². The summed E-state index contributed by atoms with van der Waals surface area (Å²) in [6.45, 7) is 2.58. The van der Waals surface area contributed by atoms with Crippen molar-refractivity contribution in [1.82, 2.24) is 4.57 Å². The van der Waals surface area contributed by atoms with Crippen molar-refractivity contribution >= 4 is 39.6 Å². The number of fused-ring (bicyclic) bond motifs is 1. The first-order valence-corrected chi connectivity index (χ1v) is 8.74. The van der Waals surface area contributed by atoms with E-state index in [2.05, 4.69) is 15.5 Å². The molecule has 0 spiro atoms. The van der Waals surface area contributed by atoms with Crippen LogP contribution in [0.4, 0.5) is 11.4 Å². The van der Waals surface area contributed by atoms with Crippen LogP contribution in [0.5, 0.6) is 17.4 Å². The Hall–Kier alpha value is -3.13. The van der Waals surface area contributed by atoms with Gasteiger partial charge in [0.05, 0.1) is 19.7 Å². The van der Waals surface area contributed by atoms with Gasteiger partial charge < -0.3 is 24.5 Å². The zero-order valence-electron chi connectivity index (χ0n) is 15.3. The molecule has 0 aliphatic rings. The number of benzene rings is 2. The van der Waals surface area contributed by atoms with E-state index in [0.717, 1.165) is 10.9 Å². The van der Waals surface area contributed by atoms with E-state index in [1.165, 1.54) is 0 Å². The fourth-order valence-corrected chi connectivity index (χ4v) is 3.01. The van der Waals surface area contributed by atoms with Crippen LogP contribution in [0, 0.1) is 0 Å². The summed E-state index contributed by atoms with van der Waals surface area (Å²) in [6, 6.07) is 12.9. The molecule has 1 aromatic heterocycles. The predicted molar refractivity (Wildman–Crippen MR) is 110 cm³/mol. The van der Waals surface area contributed by atoms with Crippen molar-refractivity contribution in [3.8, 4) is 17.4 Å². The van der Waals surface area contributed by atoms with Crippen LogP contribution in [0.1, 0.15) is 6.92 Å². The summed E-state index contributed by atoms with van der Waals surface area (Å²) in [4.78, 5) is 0. The molecule has 0 atom stereocenters. The van der Waals surface area contributed by atoms with Gasteiger partial charge in [-0.25, -0.2) is 0 Å². The Balaban J connectivity index is 1.84. The van der Waals surface area contributed by atoms with Gasteiger partial charge in [0, 0.05) is 23.7 Å². The number of thiocarbonyl (C=S) groups is 1. The van der Waals surface area contributed by atoms with Crippen molar-refractivity contribution in [3.63, 3.8) is 0 Å². The molecule has 2 aromatic carbocycles. The van der Waals surface area contributed by atoms with Gasteiger partial charge in [0.1, 0.15) is 0 Å². The topological polar surface area (TPSA) is 80.4 Å². The summed E-state index contributed by atoms with van der Waals surface area (Å²) in [7, 11) is 3.13. The monoisotopic (exact) mass is 384 g/mol. The lowest BCUT2D eigenvalue weighted by Crippen LogP contribution is -2.05. The third kappa shape index (κ3) is 3.70. The van der Waals surface area contributed by atoms with Crippen molar-refractivity contribution in [2.24, 2.45) is 10.2 Å². The van der Waals surface area contributed by atoms with Crippen LogP contribution in [0.15, 0.2) is 52.7 Å². The third-order valence-electron chi connectivity index (χ3n) is 4.11. The highest BCUT2D eigenvalue weighted by Crippen LogP contribution is 2.38. The van der Waals surface area contributed by atoms with E-state index in [-0.39, 0.29) is 11.0 Å². The molecule has 0 aliphatic carbocycles. The van der Waals surface area contributed by atoms with Crippen LogP contribution in [0.25, 0.3) is 10.9 Å². The Labute approximate surface area is 162 Å². The number of rotatable bonds is 5. The van der Waals surface area contributed by atoms with E-state index >= 15 is 0 Å². The Bertz CT molecular complexity index is 1010. The first-order chi connectivity index (χ1) is 13.1. The molecule has 3 rings (SSSR count). The minimum Gasteiger partial charge on any atom is -0.493 e. The standard InChI is InChI=1S/C19H20N4O3S/c1-4-23-14-8-6-5-7-13(14)17(18(23)24)21-22-19(27)20-12-9-10-15(25-2)16(11-12)26-3/h5-11,24H,4H2,1-3H3,(H,20,27). The third-order valence-corrected chi connectivity index (χ3v) is 4.29. The molecule has 0 unspecified atom stereocenters. The zero-order chi connectivity index (χ0) is 19.4. The highest BCUT2D eigenvalue weighted by atomic mass is 32.1. The molecule has 140 valence electrons. The van der Waals surface area contributed by atoms with Gasteiger partial charge >= 0.3 is 0 Å². The summed E-state index contributed by atoms with van der Waals surface area (Å²) < 4.78 is 12.3. The van der Waals surface area contributed by atoms with Crippen molar-refractivity contribution in [3.05, 3.63) is 42.5 Å². The summed E-state index contributed by atoms with van der Waals surface area (Å²) in [5.74, 6) is 1.26. The second-order valence-corrected chi connectivity index (χ2v) is 6.02. The number of hydrogen-bond acceptors (Lipinski definition) is 5. The normalized spacial score (nSPS) is 11.1. The molecule has 0 amide bonds. The maximum absolute atomic E-state index is 10.5. The van der Waals surface area contributed by atoms with Gasteiger partial charge in [-0.1, -0.05) is 18.2 Å². The second kappa shape index (κ2) is 8.05. The van der Waals surface area contributed by atoms with Gasteiger partial charge in [0.15, 0.2) is 17.2 Å². The van der Waals surface area contributed by atoms with Crippen molar-refractivity contribution in [2.45, 2.75) is 13.5 Å². The number of nitrogens with one attached hydrogen (secondary N) is 1. The first kappa shape index (κ1) is 18.7. The minimum atomic E-state index is 0.0661. The fourth-order valence-electron chi connectivity index (χ4n) is 2.85. The quantitative estimate of drug-likeness (QED) is 0.485. The van der Waals surface area contributed by atoms with E-state index in [1.54, 1.807) is 37.0 Å². The van der Waals surface area contributed by atoms with Gasteiger partial charge in [0.25, 0.3) is 0 Å². The molecule has 27 heavy (non-hydrogen) atoms. The summed E-state index contributed by atoms with van der Waals surface area (Å²) in [5.41, 5.74) is 1.98. The van der Waals surface area contributed by atoms with Gasteiger partial charge in [-0.2, -0.15) is 0 Å². The van der Waals surface area contributed by atoms with Crippen molar-refractivity contribution in [2.75, 3.05) is 19.5 Å². The summed E-state index contributed by atoms with van der Waals surface area (Å²) in [5, 5.41) is 22.6. The molecule has 7 nitrogen and oxygen atoms in total. The Morgan fingerprint density at radius 3 is 2.59 bits per heavy atom. The molecule has 0 aliphatic heterocycles. The number of para-hydroxylation sites is 1. The molecule has 0 saturated carbocycles. The summed E-state index contributed by atoms with van der Waals surface area (Å²) in [6.07, 6.45) is 0. The summed E-state index contributed by atoms with van der Waals surface area (Å²) >= 11 is 5.25. The lowest BCUT2D eigenvalue weighted by atomic mass is 10.2. The van der Waals surface area contributed by atoms with E-state index < -0.39 is 0 Å². The first-order valence-electron chi connectivity index (χ1n) is 8.34. The SMILES string of the molecule is CCn1c(O)c(N=NC(=S)Nc2ccc(OC)c(OC)c2)c2ccccc21. The maximum Gasteiger partial charge on any atom is 0.220 e. The molecule has 0 saturated heterocycles. The van der Waals surface area contributed by atoms with Gasteiger partial charge in [0.2, 0.25) is 11.0 Å². The van der Waals surface area contributed by atoms with Crippen LogP contribution >= 0.6 is 12.2 Å². The van der Waals surface area contributed by atoms with Gasteiger partial charge in [-0.3, -0.25) is 0 Å². The smallest absolute Gasteiger partial charge is 0.220 e. The largest absolute Gasteiger partial charge is 0.493 e. The second-order valence-electron chi connectivity index (χ2n) is 5.63. The highest BCUT2D eigenvalue weighted by molar-refractivity contribution is 7.80. The number of ether oxygens (including phenoxy) is 2. The number of aromatic hydroxyl groups is 1. The highest BCUT2D eigenvalue weighted by Gasteiger charge is 2.15. The number of methoxy groups -OCH3 is 2. The average Bonchev–Trinajstić information content (AvgIpc) is 2.96. The molecule has 1 heterocycles. The molecule has 8 heteroatoms. The fraction of sp³-hybridized carbons (Fsp3) is 0.211. The van der Waals surface area contributed by atoms with Crippen molar-refractivity contribution < 1.29 is 14.6 Å². The molecular weight excluding hydrogens is 364 g/mol. The Morgan fingerprint density at radius 1 is 1.15 bits per heavy atom. The van der Waals surface area contributed by atoms with Crippen LogP contribution < -0.4 is 14.8 Å². The lowest BCUT2D eigenvalue weighted by Gasteiger charge is -2.09. The van der Waals surface area contributed by atoms with Crippen molar-refractivity contribution in [1.29, 1.82) is 0 Å². The number of aryl methyl sites for hydroxylation is 1. The molecule has 2 N–H and O–H groups in total. The van der Waals surface area contributed by atoms with Crippen LogP contribution in [0.3, 0.4) is 0 Å². The Morgan fingerprint density at radius 2 is 1.89 bits per heavy atom. The molecule has 0 radical (unpaired) electrons. The van der Waals surface area contributed by atoms with E-state index in [4.69, 9.17) is 21.7 Å². The van der Waals surface area contributed by atoms with Gasteiger partial charge in [-0.05, 0) is 37.3 Å². The number of nitrogens with zero attached hydrogens (tertiary/aromatic N) is 3. The number of hydrogen-bond donors (Lipinski definition) is 2. The number of anilines is 1. The predicted octanol–water partition coefficient (Wildman–Crippen LogP) is 4.86. The van der Waals surface area contributed by atoms with Crippen LogP contribution in [-0.2, 0) is 6.54 Å². The van der Waals surface area contributed by atoms with E-state index in [0.29, 0.717) is 29.4 Å². The average molecular weight is 384 g/mol. The molecule has 3 aromatic rings. The molecule has 0 bridgehead atoms. The van der Waals surface area contributed by atoms with E-state index in [1.807, 2.05) is 31.2 Å². The Kier molecular flexibility index (Phi) is 5.56. The molecule has 0 fully saturated rings. The molecular formula is C19H20N4O3S. The zero-order valence-corrected chi connectivity index (χ0v) is 16.1. The number of azo groups is 1. The number of aromatic nitrogens is 1. The van der Waals surface area contributed by atoms with Crippen LogP contribution in [0.2, 0.25) is 0 Å². The van der Waals surface area contributed by atoms with Gasteiger partial charge in [-0.15, -0.1) is 10.2 Å².